The van der Waals surface area contributed by atoms with Gasteiger partial charge < -0.3 is 0 Å². The van der Waals surface area contributed by atoms with Gasteiger partial charge in [-0.05, 0) is 72.8 Å². The highest BCUT2D eigenvalue weighted by molar-refractivity contribution is 7.79. The zero-order valence-corrected chi connectivity index (χ0v) is 31.7. The molecule has 0 fully saturated rings. The Kier molecular flexibility index (Phi) is 7.30. The molecule has 0 radical (unpaired) electrons. The van der Waals surface area contributed by atoms with Crippen molar-refractivity contribution in [1.29, 1.82) is 0 Å². The van der Waals surface area contributed by atoms with E-state index in [4.69, 9.17) is 15.0 Å². The Bertz CT molecular complexity index is 3030. The third-order valence-electron chi connectivity index (χ3n) is 11.0. The monoisotopic (exact) mass is 763 g/mol. The number of nitrogens with zero attached hydrogens (tertiary/aromatic N) is 9. The third-order valence-corrected chi connectivity index (χ3v) is 13.1. The molecular formula is C48H30N9P. The number of para-hydroxylation sites is 3. The average molecular weight is 764 g/mol. The van der Waals surface area contributed by atoms with Crippen molar-refractivity contribution in [2.24, 2.45) is 0 Å². The van der Waals surface area contributed by atoms with Gasteiger partial charge in [0.15, 0.2) is 0 Å². The quantitative estimate of drug-likeness (QED) is 0.157. The Labute approximate surface area is 332 Å². The van der Waals surface area contributed by atoms with E-state index in [1.54, 1.807) is 0 Å². The lowest BCUT2D eigenvalue weighted by Crippen LogP contribution is -2.28. The molecule has 0 aliphatic heterocycles. The molecule has 0 aliphatic carbocycles. The third kappa shape index (κ3) is 4.94. The van der Waals surface area contributed by atoms with Crippen LogP contribution in [0.15, 0.2) is 183 Å². The first-order valence-electron chi connectivity index (χ1n) is 19.0. The Balaban J connectivity index is 1.10. The van der Waals surface area contributed by atoms with Crippen LogP contribution in [0.1, 0.15) is 0 Å². The Hall–Kier alpha value is -7.61. The highest BCUT2D eigenvalue weighted by Gasteiger charge is 2.25. The summed E-state index contributed by atoms with van der Waals surface area (Å²) in [6, 6.07) is 50.4. The van der Waals surface area contributed by atoms with Crippen LogP contribution in [-0.2, 0) is 0 Å². The molecular weight excluding hydrogens is 734 g/mol. The van der Waals surface area contributed by atoms with Crippen LogP contribution in [-0.4, -0.2) is 43.6 Å². The van der Waals surface area contributed by atoms with E-state index in [2.05, 4.69) is 174 Å². The zero-order chi connectivity index (χ0) is 38.2. The van der Waals surface area contributed by atoms with E-state index in [-0.39, 0.29) is 0 Å². The Morgan fingerprint density at radius 2 is 0.603 bits per heavy atom. The molecule has 0 spiro atoms. The number of fused-ring (bicyclic) bond motifs is 9. The summed E-state index contributed by atoms with van der Waals surface area (Å²) in [7, 11) is -1.40. The smallest absolute Gasteiger partial charge is 0.138 e. The maximum absolute atomic E-state index is 5.50. The van der Waals surface area contributed by atoms with E-state index in [0.29, 0.717) is 0 Å². The summed E-state index contributed by atoms with van der Waals surface area (Å²) >= 11 is 0. The molecule has 0 bridgehead atoms. The van der Waals surface area contributed by atoms with Gasteiger partial charge in [0.2, 0.25) is 0 Å². The molecule has 0 unspecified atom stereocenters. The molecule has 0 saturated heterocycles. The van der Waals surface area contributed by atoms with Gasteiger partial charge in [-0.15, -0.1) is 0 Å². The van der Waals surface area contributed by atoms with Gasteiger partial charge in [-0.25, -0.2) is 15.0 Å². The number of hydrogen-bond acceptors (Lipinski definition) is 6. The van der Waals surface area contributed by atoms with Crippen LogP contribution < -0.4 is 16.3 Å². The van der Waals surface area contributed by atoms with Gasteiger partial charge in [-0.1, -0.05) is 72.8 Å². The predicted molar refractivity (Wildman–Crippen MR) is 235 cm³/mol. The molecule has 0 saturated carbocycles. The van der Waals surface area contributed by atoms with Gasteiger partial charge >= 0.3 is 0 Å². The molecule has 0 aliphatic rings. The van der Waals surface area contributed by atoms with E-state index in [0.717, 1.165) is 99.2 Å². The topological polar surface area (TPSA) is 92.1 Å². The number of rotatable bonds is 6. The van der Waals surface area contributed by atoms with Crippen LogP contribution in [0.2, 0.25) is 0 Å². The molecule has 272 valence electrons. The van der Waals surface area contributed by atoms with Crippen LogP contribution in [0.25, 0.3) is 82.9 Å². The van der Waals surface area contributed by atoms with Gasteiger partial charge in [0.1, 0.15) is 17.5 Å². The zero-order valence-electron chi connectivity index (χ0n) is 30.8. The summed E-state index contributed by atoms with van der Waals surface area (Å²) < 4.78 is 6.62. The second-order valence-corrected chi connectivity index (χ2v) is 16.2. The lowest BCUT2D eigenvalue weighted by atomic mass is 10.2. The number of aromatic nitrogens is 9. The second-order valence-electron chi connectivity index (χ2n) is 14.1. The fraction of sp³-hybridized carbons (Fsp3) is 0. The van der Waals surface area contributed by atoms with Crippen molar-refractivity contribution in [3.8, 4) is 17.5 Å². The lowest BCUT2D eigenvalue weighted by Gasteiger charge is -2.20. The fourth-order valence-corrected chi connectivity index (χ4v) is 10.5. The van der Waals surface area contributed by atoms with Crippen molar-refractivity contribution in [2.45, 2.75) is 0 Å². The van der Waals surface area contributed by atoms with Crippen molar-refractivity contribution in [2.75, 3.05) is 0 Å². The maximum atomic E-state index is 5.50. The molecule has 9 nitrogen and oxygen atoms in total. The molecule has 3 aromatic carbocycles. The fourth-order valence-electron chi connectivity index (χ4n) is 8.53. The first-order valence-corrected chi connectivity index (χ1v) is 20.4. The van der Waals surface area contributed by atoms with E-state index >= 15 is 0 Å². The van der Waals surface area contributed by atoms with Gasteiger partial charge in [-0.2, -0.15) is 0 Å². The SMILES string of the molecule is c1cc(-n2c3ccccc3c3ccncc32)nc(P(c2cccc(-n3c4ccccc4c4ccncc43)n2)c2cccc(-n3c4ccccc4c4ccncc43)n2)c1. The summed E-state index contributed by atoms with van der Waals surface area (Å²) in [5.41, 5.74) is 8.84. The normalized spacial score (nSPS) is 11.9. The van der Waals surface area contributed by atoms with E-state index in [9.17, 15) is 0 Å². The minimum absolute atomic E-state index is 0.804. The number of benzene rings is 3. The predicted octanol–water partition coefficient (Wildman–Crippen LogP) is 9.11. The van der Waals surface area contributed by atoms with E-state index < -0.39 is 7.92 Å². The average Bonchev–Trinajstić information content (AvgIpc) is 3.93. The number of hydrogen-bond donors (Lipinski definition) is 0. The number of pyridine rings is 6. The van der Waals surface area contributed by atoms with Crippen LogP contribution in [0.4, 0.5) is 0 Å². The first-order chi connectivity index (χ1) is 28.8. The molecule has 0 amide bonds. The molecule has 58 heavy (non-hydrogen) atoms. The second kappa shape index (κ2) is 13.0. The van der Waals surface area contributed by atoms with Crippen molar-refractivity contribution in [3.05, 3.63) is 183 Å². The van der Waals surface area contributed by atoms with Crippen LogP contribution >= 0.6 is 7.92 Å². The summed E-state index contributed by atoms with van der Waals surface area (Å²) in [5, 5.41) is 6.85. The van der Waals surface area contributed by atoms with E-state index in [1.165, 1.54) is 0 Å². The molecule has 9 aromatic heterocycles. The molecule has 0 atom stereocenters. The summed E-state index contributed by atoms with van der Waals surface area (Å²) in [5.74, 6) is 2.41. The minimum Gasteiger partial charge on any atom is -0.292 e. The molecule has 9 heterocycles. The van der Waals surface area contributed by atoms with Crippen LogP contribution in [0.3, 0.4) is 0 Å². The highest BCUT2D eigenvalue weighted by Crippen LogP contribution is 2.37. The van der Waals surface area contributed by atoms with Crippen molar-refractivity contribution in [1.82, 2.24) is 43.6 Å². The maximum Gasteiger partial charge on any atom is 0.138 e. The van der Waals surface area contributed by atoms with Gasteiger partial charge in [0, 0.05) is 58.8 Å². The van der Waals surface area contributed by atoms with Crippen molar-refractivity contribution >= 4 is 89.6 Å². The van der Waals surface area contributed by atoms with Crippen molar-refractivity contribution in [3.63, 3.8) is 0 Å². The Morgan fingerprint density at radius 1 is 0.293 bits per heavy atom. The summed E-state index contributed by atoms with van der Waals surface area (Å²) in [6.07, 6.45) is 11.3. The summed E-state index contributed by atoms with van der Waals surface area (Å²) in [6.45, 7) is 0. The van der Waals surface area contributed by atoms with Gasteiger partial charge in [0.25, 0.3) is 0 Å². The molecule has 12 aromatic rings. The standard InChI is InChI=1S/C48H30N9P/c1-4-13-37-31(10-1)34-22-25-49-28-40(34)55(37)43-16-7-19-46(52-43)58(47-20-8-17-44(53-47)56-38-14-5-2-11-32(38)35-23-26-50-29-41(35)56)48-21-9-18-45(54-48)57-39-15-6-3-12-33(39)36-24-27-51-30-42(36)57/h1-30H. The Morgan fingerprint density at radius 3 is 0.948 bits per heavy atom. The molecule has 0 N–H and O–H groups in total. The highest BCUT2D eigenvalue weighted by atomic mass is 31.1. The molecule has 10 heteroatoms. The lowest BCUT2D eigenvalue weighted by molar-refractivity contribution is 1.08. The van der Waals surface area contributed by atoms with Crippen molar-refractivity contribution < 1.29 is 0 Å². The van der Waals surface area contributed by atoms with Crippen LogP contribution in [0, 0.1) is 0 Å². The molecule has 12 rings (SSSR count). The van der Waals surface area contributed by atoms with Crippen LogP contribution in [0.5, 0.6) is 0 Å². The first kappa shape index (κ1) is 32.6. The largest absolute Gasteiger partial charge is 0.292 e. The van der Waals surface area contributed by atoms with Gasteiger partial charge in [-0.3, -0.25) is 28.7 Å². The van der Waals surface area contributed by atoms with Gasteiger partial charge in [0.05, 0.1) is 68.0 Å². The van der Waals surface area contributed by atoms with E-state index in [1.807, 2.05) is 37.2 Å². The summed E-state index contributed by atoms with van der Waals surface area (Å²) in [4.78, 5) is 30.1. The minimum atomic E-state index is -1.40.